The minimum Gasteiger partial charge on any atom is -0.398 e. The lowest BCUT2D eigenvalue weighted by molar-refractivity contribution is 0.529. The predicted octanol–water partition coefficient (Wildman–Crippen LogP) is 3.60. The van der Waals surface area contributed by atoms with E-state index in [4.69, 9.17) is 17.3 Å². The minimum absolute atomic E-state index is 0.155. The van der Waals surface area contributed by atoms with Crippen molar-refractivity contribution in [1.82, 2.24) is 10.3 Å². The number of anilines is 1. The summed E-state index contributed by atoms with van der Waals surface area (Å²) in [5.41, 5.74) is 9.08. The molecule has 0 bridgehead atoms. The van der Waals surface area contributed by atoms with Crippen molar-refractivity contribution in [2.45, 2.75) is 25.8 Å². The number of benzene rings is 1. The topological polar surface area (TPSA) is 50.9 Å². The third kappa shape index (κ3) is 3.95. The van der Waals surface area contributed by atoms with Gasteiger partial charge in [-0.15, -0.1) is 0 Å². The van der Waals surface area contributed by atoms with Gasteiger partial charge in [0, 0.05) is 34.7 Å². The first-order valence-electron chi connectivity index (χ1n) is 6.88. The fourth-order valence-electron chi connectivity index (χ4n) is 2.22. The first-order chi connectivity index (χ1) is 9.70. The van der Waals surface area contributed by atoms with Crippen LogP contribution < -0.4 is 11.1 Å². The molecule has 106 valence electrons. The molecule has 0 radical (unpaired) electrons. The number of pyridine rings is 1. The Morgan fingerprint density at radius 2 is 2.20 bits per heavy atom. The van der Waals surface area contributed by atoms with Gasteiger partial charge >= 0.3 is 0 Å². The monoisotopic (exact) mass is 289 g/mol. The molecule has 0 spiro atoms. The summed E-state index contributed by atoms with van der Waals surface area (Å²) in [6, 6.07) is 9.93. The van der Waals surface area contributed by atoms with Crippen molar-refractivity contribution in [3.05, 3.63) is 58.9 Å². The van der Waals surface area contributed by atoms with Crippen LogP contribution in [0.15, 0.2) is 42.7 Å². The number of nitrogens with zero attached hydrogens (tertiary/aromatic N) is 1. The van der Waals surface area contributed by atoms with E-state index in [1.165, 1.54) is 5.56 Å². The number of nitrogens with one attached hydrogen (secondary N) is 1. The fourth-order valence-corrected chi connectivity index (χ4v) is 2.43. The summed E-state index contributed by atoms with van der Waals surface area (Å²) >= 11 is 6.05. The largest absolute Gasteiger partial charge is 0.398 e. The van der Waals surface area contributed by atoms with E-state index in [2.05, 4.69) is 23.3 Å². The second kappa shape index (κ2) is 7.27. The lowest BCUT2D eigenvalue weighted by atomic mass is 9.99. The second-order valence-corrected chi connectivity index (χ2v) is 5.28. The zero-order valence-corrected chi connectivity index (χ0v) is 12.4. The lowest BCUT2D eigenvalue weighted by Gasteiger charge is -2.20. The molecular weight excluding hydrogens is 270 g/mol. The van der Waals surface area contributed by atoms with Crippen LogP contribution in [0.1, 0.15) is 30.5 Å². The van der Waals surface area contributed by atoms with Gasteiger partial charge in [-0.3, -0.25) is 4.98 Å². The molecule has 0 aliphatic heterocycles. The summed E-state index contributed by atoms with van der Waals surface area (Å²) in [5, 5.41) is 4.29. The van der Waals surface area contributed by atoms with E-state index in [9.17, 15) is 0 Å². The Balaban J connectivity index is 2.22. The molecule has 4 heteroatoms. The van der Waals surface area contributed by atoms with Crippen molar-refractivity contribution in [2.24, 2.45) is 0 Å². The van der Waals surface area contributed by atoms with Gasteiger partial charge in [-0.2, -0.15) is 0 Å². The third-order valence-corrected chi connectivity index (χ3v) is 3.47. The van der Waals surface area contributed by atoms with Gasteiger partial charge in [0.1, 0.15) is 0 Å². The Kier molecular flexibility index (Phi) is 5.39. The van der Waals surface area contributed by atoms with Gasteiger partial charge in [0.15, 0.2) is 0 Å². The van der Waals surface area contributed by atoms with Gasteiger partial charge in [0.2, 0.25) is 0 Å². The van der Waals surface area contributed by atoms with Gasteiger partial charge in [0.05, 0.1) is 0 Å². The van der Waals surface area contributed by atoms with Crippen LogP contribution in [0.25, 0.3) is 0 Å². The maximum atomic E-state index is 6.07. The Morgan fingerprint density at radius 1 is 1.35 bits per heavy atom. The highest BCUT2D eigenvalue weighted by Crippen LogP contribution is 2.24. The molecule has 0 aliphatic rings. The Labute approximate surface area is 125 Å². The normalized spacial score (nSPS) is 12.3. The van der Waals surface area contributed by atoms with Crippen molar-refractivity contribution in [3.8, 4) is 0 Å². The van der Waals surface area contributed by atoms with Gasteiger partial charge in [-0.05, 0) is 43.1 Å². The SMILES string of the molecule is CCCNC(Cc1cccc(Cl)c1)c1cnccc1N. The maximum absolute atomic E-state index is 6.07. The minimum atomic E-state index is 0.155. The van der Waals surface area contributed by atoms with E-state index in [-0.39, 0.29) is 6.04 Å². The molecule has 1 aromatic heterocycles. The van der Waals surface area contributed by atoms with E-state index in [0.717, 1.165) is 35.7 Å². The Hall–Kier alpha value is -1.58. The zero-order valence-electron chi connectivity index (χ0n) is 11.6. The zero-order chi connectivity index (χ0) is 14.4. The van der Waals surface area contributed by atoms with Crippen LogP contribution >= 0.6 is 11.6 Å². The maximum Gasteiger partial charge on any atom is 0.0408 e. The highest BCUT2D eigenvalue weighted by atomic mass is 35.5. The first kappa shape index (κ1) is 14.8. The molecule has 20 heavy (non-hydrogen) atoms. The van der Waals surface area contributed by atoms with Crippen molar-refractivity contribution >= 4 is 17.3 Å². The molecule has 2 aromatic rings. The van der Waals surface area contributed by atoms with Crippen LogP contribution in [0.3, 0.4) is 0 Å². The molecule has 0 saturated carbocycles. The number of hydrogen-bond acceptors (Lipinski definition) is 3. The Morgan fingerprint density at radius 3 is 2.90 bits per heavy atom. The number of halogens is 1. The highest BCUT2D eigenvalue weighted by molar-refractivity contribution is 6.30. The molecule has 3 N–H and O–H groups in total. The summed E-state index contributed by atoms with van der Waals surface area (Å²) in [6.45, 7) is 3.09. The van der Waals surface area contributed by atoms with Crippen molar-refractivity contribution < 1.29 is 0 Å². The third-order valence-electron chi connectivity index (χ3n) is 3.23. The average molecular weight is 290 g/mol. The van der Waals surface area contributed by atoms with Gasteiger partial charge in [-0.25, -0.2) is 0 Å². The first-order valence-corrected chi connectivity index (χ1v) is 7.25. The van der Waals surface area contributed by atoms with Crippen molar-refractivity contribution in [3.63, 3.8) is 0 Å². The molecular formula is C16H20ClN3. The van der Waals surface area contributed by atoms with Crippen LogP contribution in [-0.4, -0.2) is 11.5 Å². The quantitative estimate of drug-likeness (QED) is 0.854. The van der Waals surface area contributed by atoms with Gasteiger partial charge < -0.3 is 11.1 Å². The van der Waals surface area contributed by atoms with Gasteiger partial charge in [0.25, 0.3) is 0 Å². The predicted molar refractivity (Wildman–Crippen MR) is 84.8 cm³/mol. The number of aromatic nitrogens is 1. The molecule has 3 nitrogen and oxygen atoms in total. The molecule has 1 atom stereocenters. The van der Waals surface area contributed by atoms with E-state index in [1.807, 2.05) is 30.5 Å². The van der Waals surface area contributed by atoms with Crippen LogP contribution in [0.5, 0.6) is 0 Å². The summed E-state index contributed by atoms with van der Waals surface area (Å²) in [6.07, 6.45) is 5.48. The molecule has 0 fully saturated rings. The summed E-state index contributed by atoms with van der Waals surface area (Å²) in [4.78, 5) is 4.19. The van der Waals surface area contributed by atoms with E-state index in [0.29, 0.717) is 0 Å². The van der Waals surface area contributed by atoms with Gasteiger partial charge in [-0.1, -0.05) is 30.7 Å². The average Bonchev–Trinajstić information content (AvgIpc) is 2.44. The standard InChI is InChI=1S/C16H20ClN3/c1-2-7-20-16(14-11-19-8-6-15(14)18)10-12-4-3-5-13(17)9-12/h3-6,8-9,11,16,20H,2,7,10H2,1H3,(H2,18,19). The molecule has 1 heterocycles. The molecule has 0 aliphatic carbocycles. The van der Waals surface area contributed by atoms with E-state index in [1.54, 1.807) is 6.20 Å². The number of rotatable bonds is 6. The van der Waals surface area contributed by atoms with E-state index < -0.39 is 0 Å². The van der Waals surface area contributed by atoms with Crippen molar-refractivity contribution in [1.29, 1.82) is 0 Å². The summed E-state index contributed by atoms with van der Waals surface area (Å²) in [5.74, 6) is 0. The highest BCUT2D eigenvalue weighted by Gasteiger charge is 2.14. The van der Waals surface area contributed by atoms with Crippen molar-refractivity contribution in [2.75, 3.05) is 12.3 Å². The second-order valence-electron chi connectivity index (χ2n) is 4.85. The number of nitrogen functional groups attached to an aromatic ring is 1. The van der Waals surface area contributed by atoms with Crippen LogP contribution in [0.4, 0.5) is 5.69 Å². The number of nitrogens with two attached hydrogens (primary N) is 1. The molecule has 1 unspecified atom stereocenters. The van der Waals surface area contributed by atoms with Crippen LogP contribution in [0.2, 0.25) is 5.02 Å². The number of hydrogen-bond donors (Lipinski definition) is 2. The van der Waals surface area contributed by atoms with Crippen LogP contribution in [0, 0.1) is 0 Å². The molecule has 0 saturated heterocycles. The smallest absolute Gasteiger partial charge is 0.0408 e. The lowest BCUT2D eigenvalue weighted by Crippen LogP contribution is -2.25. The summed E-state index contributed by atoms with van der Waals surface area (Å²) < 4.78 is 0. The molecule has 2 rings (SSSR count). The van der Waals surface area contributed by atoms with E-state index >= 15 is 0 Å². The molecule has 0 amide bonds. The summed E-state index contributed by atoms with van der Waals surface area (Å²) in [7, 11) is 0. The Bertz CT molecular complexity index is 557. The molecule has 1 aromatic carbocycles. The van der Waals surface area contributed by atoms with Crippen LogP contribution in [-0.2, 0) is 6.42 Å². The fraction of sp³-hybridized carbons (Fsp3) is 0.312.